The van der Waals surface area contributed by atoms with E-state index in [2.05, 4.69) is 5.16 Å². The fourth-order valence-electron chi connectivity index (χ4n) is 1.64. The number of amides is 1. The maximum absolute atomic E-state index is 12.3. The van der Waals surface area contributed by atoms with Gasteiger partial charge in [0.05, 0.1) is 0 Å². The summed E-state index contributed by atoms with van der Waals surface area (Å²) < 4.78 is 5.16. The zero-order valence-electron chi connectivity index (χ0n) is 12.1. The molecule has 19 heavy (non-hydrogen) atoms. The summed E-state index contributed by atoms with van der Waals surface area (Å²) in [6.45, 7) is 8.55. The zero-order valence-corrected chi connectivity index (χ0v) is 12.1. The molecule has 1 N–H and O–H groups in total. The first-order valence-electron chi connectivity index (χ1n) is 6.08. The van der Waals surface area contributed by atoms with Crippen LogP contribution in [0.4, 0.5) is 0 Å². The van der Waals surface area contributed by atoms with Gasteiger partial charge in [0.15, 0.2) is 5.69 Å². The lowest BCUT2D eigenvalue weighted by molar-refractivity contribution is -0.147. The first-order chi connectivity index (χ1) is 8.60. The van der Waals surface area contributed by atoms with E-state index in [1.165, 1.54) is 20.9 Å². The van der Waals surface area contributed by atoms with Crippen molar-refractivity contribution in [2.45, 2.75) is 46.1 Å². The van der Waals surface area contributed by atoms with Gasteiger partial charge in [0.1, 0.15) is 11.3 Å². The summed E-state index contributed by atoms with van der Waals surface area (Å²) in [6, 6.07) is 0. The molecule has 0 aliphatic rings. The zero-order chi connectivity index (χ0) is 15.0. The molecule has 1 heterocycles. The Balaban J connectivity index is 3.11. The summed E-state index contributed by atoms with van der Waals surface area (Å²) in [5, 5.41) is 12.9. The smallest absolute Gasteiger partial charge is 0.329 e. The fourth-order valence-corrected chi connectivity index (χ4v) is 1.64. The number of carboxylic acids is 1. The highest BCUT2D eigenvalue weighted by molar-refractivity contribution is 5.97. The van der Waals surface area contributed by atoms with Crippen LogP contribution >= 0.6 is 0 Å². The van der Waals surface area contributed by atoms with E-state index in [4.69, 9.17) is 9.63 Å². The lowest BCUT2D eigenvalue weighted by Crippen LogP contribution is -2.51. The predicted molar refractivity (Wildman–Crippen MR) is 69.1 cm³/mol. The SMILES string of the molecule is Cc1c(C(=O)N(C)C(C)(C)C(=O)O)noc1C(C)C. The lowest BCUT2D eigenvalue weighted by atomic mass is 10.0. The summed E-state index contributed by atoms with van der Waals surface area (Å²) in [7, 11) is 1.44. The molecule has 0 aliphatic carbocycles. The minimum atomic E-state index is -1.31. The van der Waals surface area contributed by atoms with Crippen LogP contribution in [-0.2, 0) is 4.79 Å². The molecule has 1 amide bonds. The standard InChI is InChI=1S/C13H20N2O4/c1-7(2)10-8(3)9(14-19-10)11(16)15(6)13(4,5)12(17)18/h7H,1-6H3,(H,17,18). The summed E-state index contributed by atoms with van der Waals surface area (Å²) in [5.74, 6) is -0.772. The van der Waals surface area contributed by atoms with E-state index in [1.54, 1.807) is 6.92 Å². The summed E-state index contributed by atoms with van der Waals surface area (Å²) in [5.41, 5.74) is -0.478. The molecule has 6 heteroatoms. The van der Waals surface area contributed by atoms with Gasteiger partial charge in [-0.15, -0.1) is 0 Å². The third-order valence-electron chi connectivity index (χ3n) is 3.35. The van der Waals surface area contributed by atoms with Crippen LogP contribution in [0.25, 0.3) is 0 Å². The number of carboxylic acid groups (broad SMARTS) is 1. The normalized spacial score (nSPS) is 11.7. The molecule has 0 aliphatic heterocycles. The minimum Gasteiger partial charge on any atom is -0.480 e. The molecule has 106 valence electrons. The molecule has 0 saturated carbocycles. The second-order valence-corrected chi connectivity index (χ2v) is 5.40. The van der Waals surface area contributed by atoms with Gasteiger partial charge in [0, 0.05) is 18.5 Å². The van der Waals surface area contributed by atoms with Crippen LogP contribution in [0, 0.1) is 6.92 Å². The predicted octanol–water partition coefficient (Wildman–Crippen LogP) is 2.04. The molecule has 0 aromatic carbocycles. The largest absolute Gasteiger partial charge is 0.480 e. The van der Waals surface area contributed by atoms with E-state index >= 15 is 0 Å². The number of aliphatic carboxylic acids is 1. The molecule has 0 bridgehead atoms. The number of hydrogen-bond donors (Lipinski definition) is 1. The van der Waals surface area contributed by atoms with Crippen LogP contribution in [-0.4, -0.2) is 39.6 Å². The molecule has 1 aromatic heterocycles. The Labute approximate surface area is 112 Å². The summed E-state index contributed by atoms with van der Waals surface area (Å²) in [6.07, 6.45) is 0. The lowest BCUT2D eigenvalue weighted by Gasteiger charge is -2.30. The summed E-state index contributed by atoms with van der Waals surface area (Å²) in [4.78, 5) is 24.6. The van der Waals surface area contributed by atoms with E-state index in [0.29, 0.717) is 11.3 Å². The van der Waals surface area contributed by atoms with E-state index < -0.39 is 17.4 Å². The summed E-state index contributed by atoms with van der Waals surface area (Å²) >= 11 is 0. The van der Waals surface area contributed by atoms with Crippen molar-refractivity contribution in [1.82, 2.24) is 10.1 Å². The Bertz CT molecular complexity index is 503. The van der Waals surface area contributed by atoms with E-state index in [1.807, 2.05) is 13.8 Å². The van der Waals surface area contributed by atoms with Crippen molar-refractivity contribution in [2.75, 3.05) is 7.05 Å². The molecule has 0 unspecified atom stereocenters. The second kappa shape index (κ2) is 5.03. The third-order valence-corrected chi connectivity index (χ3v) is 3.35. The monoisotopic (exact) mass is 268 g/mol. The van der Waals surface area contributed by atoms with Crippen molar-refractivity contribution in [3.63, 3.8) is 0 Å². The molecular formula is C13H20N2O4. The van der Waals surface area contributed by atoms with E-state index in [0.717, 1.165) is 4.90 Å². The maximum Gasteiger partial charge on any atom is 0.329 e. The van der Waals surface area contributed by atoms with Gasteiger partial charge in [0.2, 0.25) is 0 Å². The van der Waals surface area contributed by atoms with Gasteiger partial charge in [-0.2, -0.15) is 0 Å². The second-order valence-electron chi connectivity index (χ2n) is 5.40. The van der Waals surface area contributed by atoms with Crippen LogP contribution in [0.15, 0.2) is 4.52 Å². The van der Waals surface area contributed by atoms with Crippen molar-refractivity contribution in [1.29, 1.82) is 0 Å². The maximum atomic E-state index is 12.3. The molecule has 0 spiro atoms. The van der Waals surface area contributed by atoms with Crippen LogP contribution in [0.1, 0.15) is 55.4 Å². The highest BCUT2D eigenvalue weighted by atomic mass is 16.5. The molecule has 0 atom stereocenters. The minimum absolute atomic E-state index is 0.117. The van der Waals surface area contributed by atoms with E-state index in [-0.39, 0.29) is 11.6 Å². The van der Waals surface area contributed by atoms with Gasteiger partial charge in [-0.3, -0.25) is 4.79 Å². The number of rotatable bonds is 4. The Morgan fingerprint density at radius 1 is 1.37 bits per heavy atom. The molecule has 0 fully saturated rings. The molecule has 1 aromatic rings. The molecule has 0 saturated heterocycles. The van der Waals surface area contributed by atoms with Gasteiger partial charge in [-0.1, -0.05) is 19.0 Å². The van der Waals surface area contributed by atoms with Gasteiger partial charge >= 0.3 is 5.97 Å². The van der Waals surface area contributed by atoms with Crippen molar-refractivity contribution >= 4 is 11.9 Å². The van der Waals surface area contributed by atoms with Crippen LogP contribution in [0.5, 0.6) is 0 Å². The van der Waals surface area contributed by atoms with Gasteiger partial charge < -0.3 is 14.5 Å². The number of aromatic nitrogens is 1. The van der Waals surface area contributed by atoms with Gasteiger partial charge in [0.25, 0.3) is 5.91 Å². The number of hydrogen-bond acceptors (Lipinski definition) is 4. The molecule has 6 nitrogen and oxygen atoms in total. The molecule has 1 rings (SSSR count). The van der Waals surface area contributed by atoms with Gasteiger partial charge in [-0.25, -0.2) is 4.79 Å². The number of carbonyl (C=O) groups is 2. The van der Waals surface area contributed by atoms with Crippen LogP contribution in [0.2, 0.25) is 0 Å². The van der Waals surface area contributed by atoms with Crippen molar-refractivity contribution in [3.05, 3.63) is 17.0 Å². The van der Waals surface area contributed by atoms with Crippen LogP contribution in [0.3, 0.4) is 0 Å². The average Bonchev–Trinajstić information content (AvgIpc) is 2.68. The van der Waals surface area contributed by atoms with Gasteiger partial charge in [-0.05, 0) is 20.8 Å². The van der Waals surface area contributed by atoms with Crippen molar-refractivity contribution in [3.8, 4) is 0 Å². The average molecular weight is 268 g/mol. The number of nitrogens with zero attached hydrogens (tertiary/aromatic N) is 2. The fraction of sp³-hybridized carbons (Fsp3) is 0.615. The Kier molecular flexibility index (Phi) is 4.03. The Morgan fingerprint density at radius 3 is 2.26 bits per heavy atom. The van der Waals surface area contributed by atoms with E-state index in [9.17, 15) is 9.59 Å². The van der Waals surface area contributed by atoms with Crippen molar-refractivity contribution in [2.24, 2.45) is 0 Å². The highest BCUT2D eigenvalue weighted by Crippen LogP contribution is 2.24. The van der Waals surface area contributed by atoms with Crippen LogP contribution < -0.4 is 0 Å². The van der Waals surface area contributed by atoms with Crippen molar-refractivity contribution < 1.29 is 19.2 Å². The molecular weight excluding hydrogens is 248 g/mol. The number of likely N-dealkylation sites (N-methyl/N-ethyl adjacent to an activating group) is 1. The molecule has 0 radical (unpaired) electrons. The Hall–Kier alpha value is -1.85. The highest BCUT2D eigenvalue weighted by Gasteiger charge is 2.37. The topological polar surface area (TPSA) is 83.6 Å². The Morgan fingerprint density at radius 2 is 1.89 bits per heavy atom. The number of carbonyl (C=O) groups excluding carboxylic acids is 1. The quantitative estimate of drug-likeness (QED) is 0.903. The third kappa shape index (κ3) is 2.62. The first-order valence-corrected chi connectivity index (χ1v) is 6.08. The first kappa shape index (κ1) is 15.2.